The van der Waals surface area contributed by atoms with Crippen LogP contribution in [0.1, 0.15) is 5.82 Å². The molecule has 0 radical (unpaired) electrons. The molecule has 0 amide bonds. The van der Waals surface area contributed by atoms with Crippen molar-refractivity contribution in [2.75, 3.05) is 49.7 Å². The summed E-state index contributed by atoms with van der Waals surface area (Å²) in [4.78, 5) is 24.2. The van der Waals surface area contributed by atoms with Crippen molar-refractivity contribution >= 4 is 94.7 Å². The predicted octanol–water partition coefficient (Wildman–Crippen LogP) is 5.16. The molecule has 0 spiro atoms. The molecule has 194 valence electrons. The first-order chi connectivity index (χ1) is 16.4. The van der Waals surface area contributed by atoms with E-state index in [1.807, 2.05) is 0 Å². The summed E-state index contributed by atoms with van der Waals surface area (Å²) < 4.78 is 13.4. The molecule has 0 bridgehead atoms. The molecule has 3 heterocycles. The van der Waals surface area contributed by atoms with Gasteiger partial charge in [-0.25, -0.2) is 15.2 Å². The molecule has 0 aromatic carbocycles. The summed E-state index contributed by atoms with van der Waals surface area (Å²) in [6.07, 6.45) is 0. The topological polar surface area (TPSA) is 187 Å². The highest BCUT2D eigenvalue weighted by atomic mass is 35.7. The molecule has 0 aliphatic carbocycles. The first-order valence-corrected chi connectivity index (χ1v) is 18.5. The summed E-state index contributed by atoms with van der Waals surface area (Å²) in [5, 5.41) is 17.9. The van der Waals surface area contributed by atoms with Gasteiger partial charge in [0.2, 0.25) is 41.8 Å². The molecule has 35 heavy (non-hydrogen) atoms. The highest BCUT2D eigenvalue weighted by Gasteiger charge is 2.31. The van der Waals surface area contributed by atoms with Gasteiger partial charge in [0.25, 0.3) is 0 Å². The SMILES string of the molecule is CNCNc1nc(Cl)nc(NCNP2(Cl)=NP(Cl)(NCNc3nc(C)nc(Cl)n3)=NP(C)(Cl)=N2)n1. The van der Waals surface area contributed by atoms with Gasteiger partial charge in [0.15, 0.2) is 6.56 Å². The summed E-state index contributed by atoms with van der Waals surface area (Å²) in [5.41, 5.74) is 0. The first kappa shape index (κ1) is 29.0. The van der Waals surface area contributed by atoms with Crippen LogP contribution in [0.2, 0.25) is 10.6 Å². The normalized spacial score (nSPS) is 25.7. The van der Waals surface area contributed by atoms with E-state index in [0.29, 0.717) is 18.4 Å². The maximum Gasteiger partial charge on any atom is 0.237 e. The number of aryl methyl sites for hydroxylation is 1. The zero-order valence-electron chi connectivity index (χ0n) is 18.4. The molecular formula is C12H21Cl5N15P3. The van der Waals surface area contributed by atoms with Crippen LogP contribution in [0, 0.1) is 6.92 Å². The monoisotopic (exact) mass is 643 g/mol. The van der Waals surface area contributed by atoms with Crippen molar-refractivity contribution in [2.24, 2.45) is 13.5 Å². The van der Waals surface area contributed by atoms with Gasteiger partial charge >= 0.3 is 0 Å². The number of nitrogens with one attached hydrogen (secondary N) is 6. The Hall–Kier alpha value is -0.560. The van der Waals surface area contributed by atoms with Gasteiger partial charge in [0.1, 0.15) is 5.82 Å². The second kappa shape index (κ2) is 12.3. The molecule has 1 aliphatic heterocycles. The van der Waals surface area contributed by atoms with Crippen molar-refractivity contribution in [3.8, 4) is 0 Å². The minimum absolute atomic E-state index is 0.0126. The number of hydrogen-bond acceptors (Lipinski definition) is 15. The van der Waals surface area contributed by atoms with Gasteiger partial charge in [0.05, 0.1) is 20.0 Å². The highest BCUT2D eigenvalue weighted by molar-refractivity contribution is 8.07. The fraction of sp³-hybridized carbons (Fsp3) is 0.500. The van der Waals surface area contributed by atoms with Gasteiger partial charge in [-0.1, -0.05) is 11.2 Å². The first-order valence-electron chi connectivity index (χ1n) is 9.53. The van der Waals surface area contributed by atoms with E-state index in [1.165, 1.54) is 0 Å². The van der Waals surface area contributed by atoms with E-state index in [-0.39, 0.29) is 35.8 Å². The molecule has 23 heteroatoms. The smallest absolute Gasteiger partial charge is 0.237 e. The Labute approximate surface area is 225 Å². The molecular weight excluding hydrogens is 624 g/mol. The fourth-order valence-electron chi connectivity index (χ4n) is 2.41. The standard InChI is InChI=1S/C12H21Cl5N15P3/c1-7-24-8(13)26-10(25-7)20-5-22-34(16)30-33(3,15)31-35(17,32-34)23-6-21-12-28-9(14)27-11(29-12)19-4-18-2/h18,22-23H,4-6H2,1-3H3,(H,20,24,25,26)(H2,19,21,27,28,29). The van der Waals surface area contributed by atoms with Gasteiger partial charge in [-0.2, -0.15) is 38.5 Å². The zero-order chi connectivity index (χ0) is 25.7. The van der Waals surface area contributed by atoms with Gasteiger partial charge < -0.3 is 21.3 Å². The number of nitrogens with zero attached hydrogens (tertiary/aromatic N) is 9. The van der Waals surface area contributed by atoms with Crippen molar-refractivity contribution in [3.05, 3.63) is 16.4 Å². The number of rotatable bonds is 11. The van der Waals surface area contributed by atoms with Crippen LogP contribution in [0.5, 0.6) is 0 Å². The molecule has 3 unspecified atom stereocenters. The van der Waals surface area contributed by atoms with Crippen LogP contribution in [0.25, 0.3) is 0 Å². The Morgan fingerprint density at radius 3 is 1.69 bits per heavy atom. The fourth-order valence-corrected chi connectivity index (χ4v) is 17.6. The van der Waals surface area contributed by atoms with E-state index >= 15 is 0 Å². The summed E-state index contributed by atoms with van der Waals surface area (Å²) in [7, 11) is 1.77. The molecule has 3 rings (SSSR count). The summed E-state index contributed by atoms with van der Waals surface area (Å²) >= 11 is 31.8. The number of aromatic nitrogens is 6. The molecule has 2 aromatic rings. The minimum atomic E-state index is -3.04. The average Bonchev–Trinajstić information content (AvgIpc) is 2.69. The molecule has 6 N–H and O–H groups in total. The molecule has 0 fully saturated rings. The number of hydrogen-bond donors (Lipinski definition) is 6. The Morgan fingerprint density at radius 1 is 0.657 bits per heavy atom. The van der Waals surface area contributed by atoms with E-state index in [4.69, 9.17) is 56.9 Å². The molecule has 2 aromatic heterocycles. The zero-order valence-corrected chi connectivity index (χ0v) is 24.8. The third-order valence-corrected chi connectivity index (χ3v) is 15.8. The highest BCUT2D eigenvalue weighted by Crippen LogP contribution is 2.79. The lowest BCUT2D eigenvalue weighted by molar-refractivity contribution is 0.854. The third-order valence-electron chi connectivity index (χ3n) is 3.61. The summed E-state index contributed by atoms with van der Waals surface area (Å²) in [6, 6.07) is 0. The quantitative estimate of drug-likeness (QED) is 0.139. The van der Waals surface area contributed by atoms with Crippen molar-refractivity contribution in [2.45, 2.75) is 6.92 Å². The Bertz CT molecular complexity index is 1220. The minimum Gasteiger partial charge on any atom is -0.341 e. The van der Waals surface area contributed by atoms with Crippen LogP contribution in [0.3, 0.4) is 0 Å². The van der Waals surface area contributed by atoms with E-state index in [2.05, 4.69) is 74.9 Å². The van der Waals surface area contributed by atoms with Crippen LogP contribution < -0.4 is 31.4 Å². The molecule has 3 atom stereocenters. The molecule has 0 saturated heterocycles. The van der Waals surface area contributed by atoms with Gasteiger partial charge in [-0.15, -0.1) is 0 Å². The van der Waals surface area contributed by atoms with Gasteiger partial charge in [-0.3, -0.25) is 0 Å². The second-order valence-electron chi connectivity index (χ2n) is 6.59. The lowest BCUT2D eigenvalue weighted by Gasteiger charge is -2.27. The van der Waals surface area contributed by atoms with Crippen molar-refractivity contribution < 1.29 is 0 Å². The van der Waals surface area contributed by atoms with Crippen LogP contribution in [-0.4, -0.2) is 63.6 Å². The predicted molar refractivity (Wildman–Crippen MR) is 147 cm³/mol. The van der Waals surface area contributed by atoms with Crippen LogP contribution in [-0.2, 0) is 0 Å². The van der Waals surface area contributed by atoms with Crippen molar-refractivity contribution in [1.29, 1.82) is 0 Å². The Morgan fingerprint density at radius 2 is 1.14 bits per heavy atom. The lowest BCUT2D eigenvalue weighted by atomic mass is 10.7. The maximum atomic E-state index is 6.72. The number of halogens is 5. The van der Waals surface area contributed by atoms with Gasteiger partial charge in [-0.05, 0) is 59.7 Å². The largest absolute Gasteiger partial charge is 0.341 e. The second-order valence-corrected chi connectivity index (χ2v) is 18.5. The van der Waals surface area contributed by atoms with Crippen molar-refractivity contribution in [1.82, 2.24) is 45.4 Å². The van der Waals surface area contributed by atoms with Crippen molar-refractivity contribution in [3.63, 3.8) is 0 Å². The van der Waals surface area contributed by atoms with Crippen LogP contribution in [0.4, 0.5) is 17.8 Å². The lowest BCUT2D eigenvalue weighted by Crippen LogP contribution is -2.22. The van der Waals surface area contributed by atoms with Gasteiger partial charge in [0, 0.05) is 6.66 Å². The van der Waals surface area contributed by atoms with E-state index in [0.717, 1.165) is 0 Å². The summed E-state index contributed by atoms with van der Waals surface area (Å²) in [5.74, 6) is 1.22. The Kier molecular flexibility index (Phi) is 10.2. The molecule has 15 nitrogen and oxygen atoms in total. The Balaban J connectivity index is 1.68. The maximum absolute atomic E-state index is 6.72. The summed E-state index contributed by atoms with van der Waals surface area (Å²) in [6.45, 7) is -4.78. The molecule has 1 aliphatic rings. The third kappa shape index (κ3) is 9.36. The number of anilines is 3. The van der Waals surface area contributed by atoms with Crippen LogP contribution >= 0.6 is 76.9 Å². The van der Waals surface area contributed by atoms with E-state index < -0.39 is 20.0 Å². The van der Waals surface area contributed by atoms with E-state index in [9.17, 15) is 0 Å². The molecule has 0 saturated carbocycles. The van der Waals surface area contributed by atoms with E-state index in [1.54, 1.807) is 20.6 Å². The van der Waals surface area contributed by atoms with Crippen LogP contribution in [0.15, 0.2) is 13.5 Å². The average molecular weight is 646 g/mol.